The lowest BCUT2D eigenvalue weighted by atomic mass is 10.1. The molecule has 1 aromatic rings. The highest BCUT2D eigenvalue weighted by molar-refractivity contribution is 5.33. The van der Waals surface area contributed by atoms with Crippen molar-refractivity contribution in [3.63, 3.8) is 0 Å². The maximum Gasteiger partial charge on any atom is 0.0605 e. The van der Waals surface area contributed by atoms with E-state index in [4.69, 9.17) is 0 Å². The molecule has 1 aliphatic rings. The lowest BCUT2D eigenvalue weighted by Gasteiger charge is -2.24. The van der Waals surface area contributed by atoms with Crippen molar-refractivity contribution in [1.29, 1.82) is 0 Å². The van der Waals surface area contributed by atoms with Crippen molar-refractivity contribution in [2.45, 2.75) is 44.6 Å². The molecule has 1 saturated carbocycles. The summed E-state index contributed by atoms with van der Waals surface area (Å²) >= 11 is 0. The highest BCUT2D eigenvalue weighted by atomic mass is 15.1. The molecule has 0 saturated heterocycles. The van der Waals surface area contributed by atoms with E-state index in [0.29, 0.717) is 0 Å². The molecule has 0 aliphatic heterocycles. The summed E-state index contributed by atoms with van der Waals surface area (Å²) in [4.78, 5) is 2.43. The molecule has 1 nitrogen and oxygen atoms in total. The molecular formula is C17H23N. The van der Waals surface area contributed by atoms with Crippen LogP contribution in [0.4, 0.5) is 0 Å². The standard InChI is InChI=1S/C17H23N/c1-18(17-13-7-2-3-8-14-17)15-9-12-16-10-5-4-6-11-16/h4-6,10-11,17H,2-3,7-8,13-15H2,1H3. The van der Waals surface area contributed by atoms with E-state index >= 15 is 0 Å². The molecule has 0 spiro atoms. The Bertz CT molecular complexity index is 391. The summed E-state index contributed by atoms with van der Waals surface area (Å²) in [6.07, 6.45) is 8.31. The van der Waals surface area contributed by atoms with Gasteiger partial charge in [-0.15, -0.1) is 0 Å². The van der Waals surface area contributed by atoms with E-state index in [9.17, 15) is 0 Å². The van der Waals surface area contributed by atoms with E-state index in [0.717, 1.165) is 18.2 Å². The Morgan fingerprint density at radius 2 is 1.72 bits per heavy atom. The van der Waals surface area contributed by atoms with E-state index in [1.807, 2.05) is 18.2 Å². The molecule has 0 N–H and O–H groups in total. The zero-order valence-corrected chi connectivity index (χ0v) is 11.4. The maximum absolute atomic E-state index is 3.30. The summed E-state index contributed by atoms with van der Waals surface area (Å²) in [5.41, 5.74) is 1.12. The molecule has 0 aromatic heterocycles. The Labute approximate surface area is 111 Å². The van der Waals surface area contributed by atoms with Crippen LogP contribution in [0, 0.1) is 11.8 Å². The first kappa shape index (κ1) is 13.2. The molecule has 0 bridgehead atoms. The molecule has 96 valence electrons. The van der Waals surface area contributed by atoms with Crippen LogP contribution in [-0.2, 0) is 0 Å². The van der Waals surface area contributed by atoms with Gasteiger partial charge in [-0.2, -0.15) is 0 Å². The van der Waals surface area contributed by atoms with Crippen molar-refractivity contribution >= 4 is 0 Å². The lowest BCUT2D eigenvalue weighted by molar-refractivity contribution is 0.246. The highest BCUT2D eigenvalue weighted by Gasteiger charge is 2.15. The Morgan fingerprint density at radius 1 is 1.06 bits per heavy atom. The van der Waals surface area contributed by atoms with E-state index in [-0.39, 0.29) is 0 Å². The first-order valence-corrected chi connectivity index (χ1v) is 7.10. The van der Waals surface area contributed by atoms with E-state index in [1.54, 1.807) is 0 Å². The summed E-state index contributed by atoms with van der Waals surface area (Å²) in [6.45, 7) is 0.888. The molecule has 1 heteroatoms. The summed E-state index contributed by atoms with van der Waals surface area (Å²) in [5.74, 6) is 6.53. The van der Waals surface area contributed by atoms with Crippen LogP contribution in [0.1, 0.15) is 44.1 Å². The van der Waals surface area contributed by atoms with Crippen LogP contribution in [-0.4, -0.2) is 24.5 Å². The molecule has 0 radical (unpaired) electrons. The molecular weight excluding hydrogens is 218 g/mol. The quantitative estimate of drug-likeness (QED) is 0.564. The zero-order valence-electron chi connectivity index (χ0n) is 11.4. The van der Waals surface area contributed by atoms with E-state index < -0.39 is 0 Å². The van der Waals surface area contributed by atoms with Gasteiger partial charge in [0.1, 0.15) is 0 Å². The van der Waals surface area contributed by atoms with E-state index in [2.05, 4.69) is 35.9 Å². The fraction of sp³-hybridized carbons (Fsp3) is 0.529. The predicted molar refractivity (Wildman–Crippen MR) is 77.4 cm³/mol. The van der Waals surface area contributed by atoms with Gasteiger partial charge in [-0.1, -0.05) is 55.7 Å². The van der Waals surface area contributed by atoms with Gasteiger partial charge < -0.3 is 0 Å². The monoisotopic (exact) mass is 241 g/mol. The topological polar surface area (TPSA) is 3.24 Å². The highest BCUT2D eigenvalue weighted by Crippen LogP contribution is 2.20. The van der Waals surface area contributed by atoms with E-state index in [1.165, 1.54) is 38.5 Å². The third-order valence-electron chi connectivity index (χ3n) is 3.78. The van der Waals surface area contributed by atoms with Gasteiger partial charge in [0.2, 0.25) is 0 Å². The van der Waals surface area contributed by atoms with Gasteiger partial charge in [0.25, 0.3) is 0 Å². The fourth-order valence-electron chi connectivity index (χ4n) is 2.62. The SMILES string of the molecule is CN(CC#Cc1ccccc1)C1CCCCCC1. The third kappa shape index (κ3) is 4.20. The lowest BCUT2D eigenvalue weighted by Crippen LogP contribution is -2.31. The van der Waals surface area contributed by atoms with Crippen molar-refractivity contribution < 1.29 is 0 Å². The summed E-state index contributed by atoms with van der Waals surface area (Å²) in [6, 6.07) is 11.0. The average Bonchev–Trinajstić information content (AvgIpc) is 2.69. The first-order valence-electron chi connectivity index (χ1n) is 7.10. The second-order valence-electron chi connectivity index (χ2n) is 5.23. The largest absolute Gasteiger partial charge is 0.292 e. The van der Waals surface area contributed by atoms with Gasteiger partial charge in [0.05, 0.1) is 6.54 Å². The van der Waals surface area contributed by atoms with Gasteiger partial charge >= 0.3 is 0 Å². The molecule has 18 heavy (non-hydrogen) atoms. The van der Waals surface area contributed by atoms with Gasteiger partial charge in [0.15, 0.2) is 0 Å². The van der Waals surface area contributed by atoms with Crippen LogP contribution < -0.4 is 0 Å². The van der Waals surface area contributed by atoms with Crippen LogP contribution in [0.5, 0.6) is 0 Å². The average molecular weight is 241 g/mol. The first-order chi connectivity index (χ1) is 8.86. The molecule has 0 atom stereocenters. The summed E-state index contributed by atoms with van der Waals surface area (Å²) < 4.78 is 0. The Kier molecular flexibility index (Phi) is 5.30. The predicted octanol–water partition coefficient (Wildman–Crippen LogP) is 3.69. The zero-order chi connectivity index (χ0) is 12.6. The van der Waals surface area contributed by atoms with Crippen molar-refractivity contribution in [3.8, 4) is 11.8 Å². The van der Waals surface area contributed by atoms with Crippen molar-refractivity contribution in [2.75, 3.05) is 13.6 Å². The smallest absolute Gasteiger partial charge is 0.0605 e. The minimum absolute atomic E-state index is 0.748. The molecule has 0 unspecified atom stereocenters. The van der Waals surface area contributed by atoms with Crippen LogP contribution in [0.25, 0.3) is 0 Å². The summed E-state index contributed by atoms with van der Waals surface area (Å²) in [5, 5.41) is 0. The molecule has 0 amide bonds. The summed E-state index contributed by atoms with van der Waals surface area (Å²) in [7, 11) is 2.22. The van der Waals surface area contributed by atoms with Gasteiger partial charge in [0, 0.05) is 11.6 Å². The molecule has 2 rings (SSSR count). The molecule has 1 fully saturated rings. The Balaban J connectivity index is 1.84. The molecule has 1 aromatic carbocycles. The van der Waals surface area contributed by atoms with Crippen molar-refractivity contribution in [1.82, 2.24) is 4.90 Å². The minimum Gasteiger partial charge on any atom is -0.292 e. The maximum atomic E-state index is 3.30. The van der Waals surface area contributed by atoms with Gasteiger partial charge in [-0.3, -0.25) is 4.90 Å². The Hall–Kier alpha value is -1.26. The van der Waals surface area contributed by atoms with Crippen molar-refractivity contribution in [3.05, 3.63) is 35.9 Å². The number of nitrogens with zero attached hydrogens (tertiary/aromatic N) is 1. The minimum atomic E-state index is 0.748. The van der Waals surface area contributed by atoms with Crippen molar-refractivity contribution in [2.24, 2.45) is 0 Å². The van der Waals surface area contributed by atoms with Crippen LogP contribution in [0.2, 0.25) is 0 Å². The number of hydrogen-bond acceptors (Lipinski definition) is 1. The number of hydrogen-bond donors (Lipinski definition) is 0. The van der Waals surface area contributed by atoms with Gasteiger partial charge in [-0.05, 0) is 32.0 Å². The fourth-order valence-corrected chi connectivity index (χ4v) is 2.62. The molecule has 0 heterocycles. The van der Waals surface area contributed by atoms with Crippen LogP contribution in [0.15, 0.2) is 30.3 Å². The second kappa shape index (κ2) is 7.24. The Morgan fingerprint density at radius 3 is 2.39 bits per heavy atom. The van der Waals surface area contributed by atoms with Crippen LogP contribution >= 0.6 is 0 Å². The molecule has 1 aliphatic carbocycles. The van der Waals surface area contributed by atoms with Crippen LogP contribution in [0.3, 0.4) is 0 Å². The number of benzene rings is 1. The second-order valence-corrected chi connectivity index (χ2v) is 5.23. The normalized spacial score (nSPS) is 17.0. The third-order valence-corrected chi connectivity index (χ3v) is 3.78. The number of rotatable bonds is 2. The van der Waals surface area contributed by atoms with Gasteiger partial charge in [-0.25, -0.2) is 0 Å².